The molecule has 2 heterocycles. The second-order valence-corrected chi connectivity index (χ2v) is 5.96. The Hall–Kier alpha value is -2.13. The Morgan fingerprint density at radius 3 is 2.68 bits per heavy atom. The molecule has 0 aliphatic rings. The highest BCUT2D eigenvalue weighted by Gasteiger charge is 2.19. The van der Waals surface area contributed by atoms with Crippen LogP contribution in [0.5, 0.6) is 0 Å². The van der Waals surface area contributed by atoms with Gasteiger partial charge in [0.1, 0.15) is 0 Å². The van der Waals surface area contributed by atoms with Crippen molar-refractivity contribution in [3.63, 3.8) is 0 Å². The molecular weight excluding hydrogens is 294 g/mol. The van der Waals surface area contributed by atoms with E-state index < -0.39 is 0 Å². The summed E-state index contributed by atoms with van der Waals surface area (Å²) in [6.45, 7) is 4.31. The molecule has 1 atom stereocenters. The zero-order valence-corrected chi connectivity index (χ0v) is 13.4. The van der Waals surface area contributed by atoms with Crippen LogP contribution in [-0.4, -0.2) is 15.0 Å². The lowest BCUT2D eigenvalue weighted by Crippen LogP contribution is -2.09. The molecule has 0 amide bonds. The number of halogens is 1. The predicted octanol–water partition coefficient (Wildman–Crippen LogP) is 4.45. The second-order valence-electron chi connectivity index (χ2n) is 5.52. The standard InChI is InChI=1S/C18H18ClN3/c1-12-4-3-5-16(13(12)2)17(18-10-20-11-22-18)8-15-7-6-14(19)9-21-15/h3-7,9-11,17H,8H2,1-2H3,(H,20,22). The third kappa shape index (κ3) is 3.04. The smallest absolute Gasteiger partial charge is 0.0921 e. The lowest BCUT2D eigenvalue weighted by Gasteiger charge is -2.19. The average molecular weight is 312 g/mol. The Balaban J connectivity index is 2.01. The molecule has 3 rings (SSSR count). The highest BCUT2D eigenvalue weighted by atomic mass is 35.5. The fourth-order valence-electron chi connectivity index (χ4n) is 2.73. The molecule has 22 heavy (non-hydrogen) atoms. The van der Waals surface area contributed by atoms with E-state index in [4.69, 9.17) is 11.6 Å². The number of aromatic amines is 1. The number of pyridine rings is 1. The second kappa shape index (κ2) is 6.32. The van der Waals surface area contributed by atoms with Crippen LogP contribution in [-0.2, 0) is 6.42 Å². The van der Waals surface area contributed by atoms with Crippen LogP contribution in [0.2, 0.25) is 5.02 Å². The molecular formula is C18H18ClN3. The first kappa shape index (κ1) is 14.8. The molecule has 3 nitrogen and oxygen atoms in total. The van der Waals surface area contributed by atoms with E-state index in [9.17, 15) is 0 Å². The maximum absolute atomic E-state index is 5.93. The molecule has 1 N–H and O–H groups in total. The van der Waals surface area contributed by atoms with Crippen LogP contribution in [0.4, 0.5) is 0 Å². The van der Waals surface area contributed by atoms with Gasteiger partial charge < -0.3 is 4.98 Å². The molecule has 3 aromatic rings. The molecule has 2 aromatic heterocycles. The Morgan fingerprint density at radius 2 is 2.00 bits per heavy atom. The number of benzene rings is 1. The van der Waals surface area contributed by atoms with Crippen molar-refractivity contribution in [1.29, 1.82) is 0 Å². The normalized spacial score (nSPS) is 12.3. The van der Waals surface area contributed by atoms with Crippen molar-refractivity contribution in [2.24, 2.45) is 0 Å². The summed E-state index contributed by atoms with van der Waals surface area (Å²) in [5.41, 5.74) is 6.04. The van der Waals surface area contributed by atoms with E-state index in [-0.39, 0.29) is 5.92 Å². The van der Waals surface area contributed by atoms with E-state index in [2.05, 4.69) is 47.0 Å². The van der Waals surface area contributed by atoms with Gasteiger partial charge in [0.2, 0.25) is 0 Å². The number of aryl methyl sites for hydroxylation is 1. The molecule has 112 valence electrons. The highest BCUT2D eigenvalue weighted by Crippen LogP contribution is 2.30. The van der Waals surface area contributed by atoms with Crippen LogP contribution < -0.4 is 0 Å². The van der Waals surface area contributed by atoms with Crippen LogP contribution in [0.15, 0.2) is 49.1 Å². The first-order chi connectivity index (χ1) is 10.6. The minimum atomic E-state index is 0.205. The fourth-order valence-corrected chi connectivity index (χ4v) is 2.84. The molecule has 1 unspecified atom stereocenters. The monoisotopic (exact) mass is 311 g/mol. The van der Waals surface area contributed by atoms with Crippen LogP contribution >= 0.6 is 11.6 Å². The van der Waals surface area contributed by atoms with Gasteiger partial charge in [0.25, 0.3) is 0 Å². The number of hydrogen-bond acceptors (Lipinski definition) is 2. The van der Waals surface area contributed by atoms with E-state index in [1.807, 2.05) is 18.3 Å². The Morgan fingerprint density at radius 1 is 1.14 bits per heavy atom. The van der Waals surface area contributed by atoms with Crippen LogP contribution in [0.1, 0.15) is 34.0 Å². The van der Waals surface area contributed by atoms with Crippen LogP contribution in [0, 0.1) is 13.8 Å². The number of hydrogen-bond donors (Lipinski definition) is 1. The van der Waals surface area contributed by atoms with Crippen molar-refractivity contribution >= 4 is 11.6 Å². The Kier molecular flexibility index (Phi) is 4.25. The Bertz CT molecular complexity index is 749. The van der Waals surface area contributed by atoms with Gasteiger partial charge in [-0.05, 0) is 42.7 Å². The van der Waals surface area contributed by atoms with Crippen molar-refractivity contribution in [1.82, 2.24) is 15.0 Å². The summed E-state index contributed by atoms with van der Waals surface area (Å²) in [5, 5.41) is 0.661. The third-order valence-electron chi connectivity index (χ3n) is 4.12. The lowest BCUT2D eigenvalue weighted by molar-refractivity contribution is 0.754. The molecule has 0 aliphatic heterocycles. The largest absolute Gasteiger partial charge is 0.348 e. The lowest BCUT2D eigenvalue weighted by atomic mass is 9.87. The summed E-state index contributed by atoms with van der Waals surface area (Å²) in [6.07, 6.45) is 6.12. The summed E-state index contributed by atoms with van der Waals surface area (Å²) < 4.78 is 0. The van der Waals surface area contributed by atoms with E-state index >= 15 is 0 Å². The summed E-state index contributed by atoms with van der Waals surface area (Å²) in [7, 11) is 0. The Labute approximate surface area is 135 Å². The molecule has 1 aromatic carbocycles. The molecule has 0 bridgehead atoms. The quantitative estimate of drug-likeness (QED) is 0.773. The summed E-state index contributed by atoms with van der Waals surface area (Å²) in [5.74, 6) is 0.205. The minimum Gasteiger partial charge on any atom is -0.348 e. The maximum Gasteiger partial charge on any atom is 0.0921 e. The molecule has 0 saturated carbocycles. The van der Waals surface area contributed by atoms with Gasteiger partial charge in [-0.1, -0.05) is 29.8 Å². The highest BCUT2D eigenvalue weighted by molar-refractivity contribution is 6.30. The van der Waals surface area contributed by atoms with Crippen molar-refractivity contribution in [2.45, 2.75) is 26.2 Å². The fraction of sp³-hybridized carbons (Fsp3) is 0.222. The average Bonchev–Trinajstić information content (AvgIpc) is 3.04. The summed E-state index contributed by atoms with van der Waals surface area (Å²) in [6, 6.07) is 10.3. The predicted molar refractivity (Wildman–Crippen MR) is 89.3 cm³/mol. The SMILES string of the molecule is Cc1cccc(C(Cc2ccc(Cl)cn2)c2cnc[nH]2)c1C. The van der Waals surface area contributed by atoms with E-state index in [1.54, 1.807) is 12.5 Å². The van der Waals surface area contributed by atoms with Gasteiger partial charge >= 0.3 is 0 Å². The van der Waals surface area contributed by atoms with E-state index in [1.165, 1.54) is 16.7 Å². The molecule has 0 radical (unpaired) electrons. The molecule has 0 fully saturated rings. The van der Waals surface area contributed by atoms with Gasteiger partial charge in [-0.15, -0.1) is 0 Å². The maximum atomic E-state index is 5.93. The molecule has 0 saturated heterocycles. The van der Waals surface area contributed by atoms with Crippen molar-refractivity contribution in [3.05, 3.63) is 82.2 Å². The number of imidazole rings is 1. The first-order valence-electron chi connectivity index (χ1n) is 7.30. The topological polar surface area (TPSA) is 41.6 Å². The zero-order valence-electron chi connectivity index (χ0n) is 12.7. The molecule has 0 aliphatic carbocycles. The van der Waals surface area contributed by atoms with Crippen molar-refractivity contribution in [2.75, 3.05) is 0 Å². The van der Waals surface area contributed by atoms with Gasteiger partial charge in [-0.25, -0.2) is 4.98 Å². The van der Waals surface area contributed by atoms with Crippen molar-refractivity contribution < 1.29 is 0 Å². The molecule has 4 heteroatoms. The number of nitrogens with zero attached hydrogens (tertiary/aromatic N) is 2. The third-order valence-corrected chi connectivity index (χ3v) is 4.34. The summed E-state index contributed by atoms with van der Waals surface area (Å²) >= 11 is 5.93. The van der Waals surface area contributed by atoms with Crippen LogP contribution in [0.25, 0.3) is 0 Å². The summed E-state index contributed by atoms with van der Waals surface area (Å²) in [4.78, 5) is 11.9. The van der Waals surface area contributed by atoms with Crippen molar-refractivity contribution in [3.8, 4) is 0 Å². The van der Waals surface area contributed by atoms with E-state index in [0.29, 0.717) is 5.02 Å². The zero-order chi connectivity index (χ0) is 15.5. The van der Waals surface area contributed by atoms with Gasteiger partial charge in [0.05, 0.1) is 11.3 Å². The van der Waals surface area contributed by atoms with Gasteiger partial charge in [0, 0.05) is 36.1 Å². The number of nitrogens with one attached hydrogen (secondary N) is 1. The van der Waals surface area contributed by atoms with E-state index in [0.717, 1.165) is 17.8 Å². The number of rotatable bonds is 4. The molecule has 0 spiro atoms. The number of H-pyrrole nitrogens is 1. The van der Waals surface area contributed by atoms with Gasteiger partial charge in [-0.2, -0.15) is 0 Å². The van der Waals surface area contributed by atoms with Gasteiger partial charge in [-0.3, -0.25) is 4.98 Å². The minimum absolute atomic E-state index is 0.205. The first-order valence-corrected chi connectivity index (χ1v) is 7.68. The van der Waals surface area contributed by atoms with Crippen LogP contribution in [0.3, 0.4) is 0 Å². The van der Waals surface area contributed by atoms with Gasteiger partial charge in [0.15, 0.2) is 0 Å². The number of aromatic nitrogens is 3.